The Kier molecular flexibility index (Phi) is 2.39. The lowest BCUT2D eigenvalue weighted by atomic mass is 9.66. The third-order valence-corrected chi connectivity index (χ3v) is 4.23. The van der Waals surface area contributed by atoms with Gasteiger partial charge in [-0.05, 0) is 50.4 Å². The van der Waals surface area contributed by atoms with E-state index in [1.807, 2.05) is 0 Å². The molecule has 1 nitrogen and oxygen atoms in total. The molecule has 0 N–H and O–H groups in total. The molecule has 1 aliphatic carbocycles. The first kappa shape index (κ1) is 9.51. The Morgan fingerprint density at radius 2 is 2.15 bits per heavy atom. The highest BCUT2D eigenvalue weighted by Crippen LogP contribution is 2.51. The van der Waals surface area contributed by atoms with Gasteiger partial charge in [0.15, 0.2) is 0 Å². The Morgan fingerprint density at radius 1 is 1.38 bits per heavy atom. The number of fused-ring (bicyclic) bond motifs is 1. The molecule has 0 aromatic carbocycles. The predicted molar refractivity (Wildman–Crippen MR) is 54.7 cm³/mol. The van der Waals surface area contributed by atoms with Crippen molar-refractivity contribution in [1.82, 2.24) is 0 Å². The molecule has 76 valence electrons. The Morgan fingerprint density at radius 3 is 2.85 bits per heavy atom. The van der Waals surface area contributed by atoms with Crippen LogP contribution in [0.3, 0.4) is 0 Å². The molecule has 4 unspecified atom stereocenters. The zero-order valence-electron chi connectivity index (χ0n) is 9.18. The van der Waals surface area contributed by atoms with Gasteiger partial charge in [-0.25, -0.2) is 0 Å². The normalized spacial score (nSPS) is 50.5. The molecule has 0 radical (unpaired) electrons. The lowest BCUT2D eigenvalue weighted by Crippen LogP contribution is -2.36. The molecular formula is C12H22O. The summed E-state index contributed by atoms with van der Waals surface area (Å²) < 4.78 is 6.03. The largest absolute Gasteiger partial charge is 0.375 e. The Bertz CT molecular complexity index is 190. The smallest absolute Gasteiger partial charge is 0.0638 e. The van der Waals surface area contributed by atoms with Crippen molar-refractivity contribution in [3.05, 3.63) is 0 Å². The average molecular weight is 182 g/mol. The molecule has 4 atom stereocenters. The molecule has 0 spiro atoms. The van der Waals surface area contributed by atoms with Gasteiger partial charge in [0.25, 0.3) is 0 Å². The summed E-state index contributed by atoms with van der Waals surface area (Å²) >= 11 is 0. The highest BCUT2D eigenvalue weighted by Gasteiger charge is 2.48. The molecular weight excluding hydrogens is 160 g/mol. The molecule has 13 heavy (non-hydrogen) atoms. The van der Waals surface area contributed by atoms with Crippen molar-refractivity contribution in [2.45, 2.75) is 65.1 Å². The van der Waals surface area contributed by atoms with Crippen LogP contribution in [0.4, 0.5) is 0 Å². The van der Waals surface area contributed by atoms with Crippen molar-refractivity contribution in [1.29, 1.82) is 0 Å². The summed E-state index contributed by atoms with van der Waals surface area (Å²) in [7, 11) is 0. The quantitative estimate of drug-likeness (QED) is 0.604. The fraction of sp³-hybridized carbons (Fsp3) is 1.00. The topological polar surface area (TPSA) is 9.23 Å². The molecule has 2 aliphatic rings. The molecule has 1 aliphatic heterocycles. The zero-order chi connectivity index (χ0) is 9.47. The van der Waals surface area contributed by atoms with Crippen LogP contribution < -0.4 is 0 Å². The second kappa shape index (κ2) is 3.27. The van der Waals surface area contributed by atoms with E-state index in [0.717, 1.165) is 5.92 Å². The van der Waals surface area contributed by atoms with Gasteiger partial charge in [0, 0.05) is 0 Å². The van der Waals surface area contributed by atoms with Crippen LogP contribution >= 0.6 is 0 Å². The minimum absolute atomic E-state index is 0.509. The van der Waals surface area contributed by atoms with Crippen LogP contribution in [0.1, 0.15) is 52.9 Å². The first-order chi connectivity index (χ1) is 6.16. The Balaban J connectivity index is 2.13. The summed E-state index contributed by atoms with van der Waals surface area (Å²) in [5, 5.41) is 0. The zero-order valence-corrected chi connectivity index (χ0v) is 9.18. The van der Waals surface area contributed by atoms with Gasteiger partial charge >= 0.3 is 0 Å². The predicted octanol–water partition coefficient (Wildman–Crippen LogP) is 3.38. The monoisotopic (exact) mass is 182 g/mol. The minimum atomic E-state index is 0.509. The fourth-order valence-electron chi connectivity index (χ4n) is 3.31. The van der Waals surface area contributed by atoms with Crippen LogP contribution in [0.25, 0.3) is 0 Å². The van der Waals surface area contributed by atoms with Crippen molar-refractivity contribution < 1.29 is 4.74 Å². The first-order valence-corrected chi connectivity index (χ1v) is 5.82. The highest BCUT2D eigenvalue weighted by molar-refractivity contribution is 4.97. The third-order valence-electron chi connectivity index (χ3n) is 4.23. The lowest BCUT2D eigenvalue weighted by molar-refractivity contribution is -0.0219. The molecule has 0 aromatic heterocycles. The van der Waals surface area contributed by atoms with E-state index in [9.17, 15) is 0 Å². The van der Waals surface area contributed by atoms with Gasteiger partial charge in [-0.2, -0.15) is 0 Å². The molecule has 1 saturated carbocycles. The van der Waals surface area contributed by atoms with Crippen molar-refractivity contribution in [2.24, 2.45) is 11.3 Å². The van der Waals surface area contributed by atoms with Crippen LogP contribution in [0.15, 0.2) is 0 Å². The number of ether oxygens (including phenoxy) is 1. The molecule has 2 rings (SSSR count). The van der Waals surface area contributed by atoms with Gasteiger partial charge in [-0.1, -0.05) is 13.8 Å². The molecule has 1 heteroatoms. The maximum Gasteiger partial charge on any atom is 0.0638 e. The summed E-state index contributed by atoms with van der Waals surface area (Å²) in [6, 6.07) is 0. The van der Waals surface area contributed by atoms with Crippen LogP contribution in [0, 0.1) is 11.3 Å². The molecule has 2 fully saturated rings. The SMILES string of the molecule is CCC12CCC(C)CC1OC(C)C2. The summed E-state index contributed by atoms with van der Waals surface area (Å²) in [4.78, 5) is 0. The maximum atomic E-state index is 6.03. The standard InChI is InChI=1S/C12H22O/c1-4-12-6-5-9(2)7-11(12)13-10(3)8-12/h9-11H,4-8H2,1-3H3. The van der Waals surface area contributed by atoms with Gasteiger partial charge in [-0.3, -0.25) is 0 Å². The van der Waals surface area contributed by atoms with E-state index in [1.54, 1.807) is 0 Å². The second-order valence-corrected chi connectivity index (χ2v) is 5.23. The summed E-state index contributed by atoms with van der Waals surface area (Å²) in [5.41, 5.74) is 0.561. The summed E-state index contributed by atoms with van der Waals surface area (Å²) in [5.74, 6) is 0.884. The third kappa shape index (κ3) is 1.52. The number of hydrogen-bond donors (Lipinski definition) is 0. The van der Waals surface area contributed by atoms with E-state index in [1.165, 1.54) is 32.1 Å². The molecule has 0 amide bonds. The summed E-state index contributed by atoms with van der Waals surface area (Å²) in [6.07, 6.45) is 7.83. The molecule has 0 bridgehead atoms. The van der Waals surface area contributed by atoms with Gasteiger partial charge in [0.2, 0.25) is 0 Å². The van der Waals surface area contributed by atoms with Crippen LogP contribution in [0.5, 0.6) is 0 Å². The highest BCUT2D eigenvalue weighted by atomic mass is 16.5. The van der Waals surface area contributed by atoms with E-state index >= 15 is 0 Å². The molecule has 1 heterocycles. The number of rotatable bonds is 1. The van der Waals surface area contributed by atoms with E-state index in [4.69, 9.17) is 4.74 Å². The Labute approximate surface area is 81.9 Å². The van der Waals surface area contributed by atoms with Crippen LogP contribution in [0.2, 0.25) is 0 Å². The van der Waals surface area contributed by atoms with Crippen LogP contribution in [-0.4, -0.2) is 12.2 Å². The van der Waals surface area contributed by atoms with Gasteiger partial charge in [-0.15, -0.1) is 0 Å². The van der Waals surface area contributed by atoms with E-state index in [-0.39, 0.29) is 0 Å². The molecule has 1 saturated heterocycles. The van der Waals surface area contributed by atoms with Gasteiger partial charge < -0.3 is 4.74 Å². The average Bonchev–Trinajstić information content (AvgIpc) is 2.41. The van der Waals surface area contributed by atoms with Crippen LogP contribution in [-0.2, 0) is 4.74 Å². The van der Waals surface area contributed by atoms with E-state index in [2.05, 4.69) is 20.8 Å². The van der Waals surface area contributed by atoms with E-state index in [0.29, 0.717) is 17.6 Å². The second-order valence-electron chi connectivity index (χ2n) is 5.23. The first-order valence-electron chi connectivity index (χ1n) is 5.82. The van der Waals surface area contributed by atoms with Crippen molar-refractivity contribution in [3.8, 4) is 0 Å². The molecule has 0 aromatic rings. The van der Waals surface area contributed by atoms with Crippen molar-refractivity contribution in [3.63, 3.8) is 0 Å². The van der Waals surface area contributed by atoms with E-state index < -0.39 is 0 Å². The Hall–Kier alpha value is -0.0400. The van der Waals surface area contributed by atoms with Crippen molar-refractivity contribution in [2.75, 3.05) is 0 Å². The summed E-state index contributed by atoms with van der Waals surface area (Å²) in [6.45, 7) is 6.94. The van der Waals surface area contributed by atoms with Gasteiger partial charge in [0.05, 0.1) is 12.2 Å². The fourth-order valence-corrected chi connectivity index (χ4v) is 3.31. The van der Waals surface area contributed by atoms with Gasteiger partial charge in [0.1, 0.15) is 0 Å². The minimum Gasteiger partial charge on any atom is -0.375 e. The van der Waals surface area contributed by atoms with Crippen molar-refractivity contribution >= 4 is 0 Å². The lowest BCUT2D eigenvalue weighted by Gasteiger charge is -2.39. The maximum absolute atomic E-state index is 6.03. The number of hydrogen-bond acceptors (Lipinski definition) is 1.